The predicted molar refractivity (Wildman–Crippen MR) is 73.0 cm³/mol. The van der Waals surface area contributed by atoms with Crippen LogP contribution in [0.2, 0.25) is 0 Å². The van der Waals surface area contributed by atoms with E-state index in [0.717, 1.165) is 5.56 Å². The minimum absolute atomic E-state index is 0.0879. The number of hydrogen-bond acceptors (Lipinski definition) is 3. The Bertz CT molecular complexity index is 486. The molecule has 4 nitrogen and oxygen atoms in total. The van der Waals surface area contributed by atoms with Gasteiger partial charge in [-0.1, -0.05) is 18.2 Å². The van der Waals surface area contributed by atoms with Gasteiger partial charge in [-0.15, -0.1) is 0 Å². The zero-order valence-corrected chi connectivity index (χ0v) is 11.6. The van der Waals surface area contributed by atoms with Crippen molar-refractivity contribution in [3.05, 3.63) is 34.9 Å². The van der Waals surface area contributed by atoms with Crippen molar-refractivity contribution in [1.29, 1.82) is 0 Å². The molecule has 1 aromatic rings. The molecule has 4 heteroatoms. The van der Waals surface area contributed by atoms with E-state index in [1.807, 2.05) is 11.9 Å². The second-order valence-electron chi connectivity index (χ2n) is 5.55. The molecule has 0 spiro atoms. The Hall–Kier alpha value is -1.39. The highest BCUT2D eigenvalue weighted by Gasteiger charge is 2.37. The van der Waals surface area contributed by atoms with E-state index in [-0.39, 0.29) is 6.04 Å². The quantitative estimate of drug-likeness (QED) is 0.853. The zero-order chi connectivity index (χ0) is 14.2. The first-order chi connectivity index (χ1) is 8.90. The molecule has 1 fully saturated rings. The predicted octanol–water partition coefficient (Wildman–Crippen LogP) is 1.74. The molecule has 0 bridgehead atoms. The van der Waals surface area contributed by atoms with Gasteiger partial charge in [0, 0.05) is 12.6 Å². The van der Waals surface area contributed by atoms with Crippen LogP contribution in [-0.4, -0.2) is 40.8 Å². The first-order valence-corrected chi connectivity index (χ1v) is 6.58. The monoisotopic (exact) mass is 263 g/mol. The van der Waals surface area contributed by atoms with Crippen LogP contribution >= 0.6 is 0 Å². The van der Waals surface area contributed by atoms with Crippen LogP contribution in [0.1, 0.15) is 29.2 Å². The maximum atomic E-state index is 11.1. The normalized spacial score (nSPS) is 28.3. The molecular weight excluding hydrogens is 242 g/mol. The number of likely N-dealkylation sites (tertiary alicyclic amines) is 1. The molecule has 19 heavy (non-hydrogen) atoms. The molecule has 104 valence electrons. The Morgan fingerprint density at radius 1 is 1.32 bits per heavy atom. The molecule has 3 atom stereocenters. The summed E-state index contributed by atoms with van der Waals surface area (Å²) < 4.78 is 0. The summed E-state index contributed by atoms with van der Waals surface area (Å²) in [6.07, 6.45) is -0.309. The Morgan fingerprint density at radius 2 is 2.00 bits per heavy atom. The van der Waals surface area contributed by atoms with E-state index >= 15 is 0 Å². The standard InChI is InChI=1S/C15H21NO3/c1-9-4-5-11(6-10(9)2)13-7-14(17)12(15(18)19)8-16(13)3/h4-6,12-14,17H,7-8H2,1-3H3,(H,18,19). The van der Waals surface area contributed by atoms with E-state index in [2.05, 4.69) is 32.0 Å². The topological polar surface area (TPSA) is 60.8 Å². The van der Waals surface area contributed by atoms with E-state index in [1.165, 1.54) is 11.1 Å². The molecule has 0 radical (unpaired) electrons. The molecule has 1 saturated heterocycles. The lowest BCUT2D eigenvalue weighted by molar-refractivity contribution is -0.150. The summed E-state index contributed by atoms with van der Waals surface area (Å²) in [7, 11) is 1.92. The van der Waals surface area contributed by atoms with E-state index in [9.17, 15) is 9.90 Å². The van der Waals surface area contributed by atoms with Crippen molar-refractivity contribution in [2.75, 3.05) is 13.6 Å². The van der Waals surface area contributed by atoms with Crippen LogP contribution in [0.25, 0.3) is 0 Å². The van der Waals surface area contributed by atoms with Crippen LogP contribution in [0, 0.1) is 19.8 Å². The number of aliphatic hydroxyl groups is 1. The second-order valence-corrected chi connectivity index (χ2v) is 5.55. The van der Waals surface area contributed by atoms with Gasteiger partial charge in [0.15, 0.2) is 0 Å². The van der Waals surface area contributed by atoms with Gasteiger partial charge in [-0.3, -0.25) is 9.69 Å². The number of carbonyl (C=O) groups is 1. The van der Waals surface area contributed by atoms with Crippen molar-refractivity contribution < 1.29 is 15.0 Å². The van der Waals surface area contributed by atoms with Crippen LogP contribution in [0.4, 0.5) is 0 Å². The molecule has 2 rings (SSSR count). The minimum atomic E-state index is -0.919. The number of nitrogens with zero attached hydrogens (tertiary/aromatic N) is 1. The molecule has 2 N–H and O–H groups in total. The van der Waals surface area contributed by atoms with Crippen molar-refractivity contribution in [2.24, 2.45) is 5.92 Å². The summed E-state index contributed by atoms with van der Waals surface area (Å²) in [6, 6.07) is 6.36. The zero-order valence-electron chi connectivity index (χ0n) is 11.6. The Kier molecular flexibility index (Phi) is 3.92. The van der Waals surface area contributed by atoms with Gasteiger partial charge in [0.1, 0.15) is 0 Å². The molecule has 0 saturated carbocycles. The van der Waals surface area contributed by atoms with Gasteiger partial charge in [0.25, 0.3) is 0 Å². The number of rotatable bonds is 2. The molecule has 1 aromatic carbocycles. The number of piperidine rings is 1. The molecule has 1 heterocycles. The van der Waals surface area contributed by atoms with Gasteiger partial charge in [-0.25, -0.2) is 0 Å². The lowest BCUT2D eigenvalue weighted by Gasteiger charge is -2.39. The average Bonchev–Trinajstić information content (AvgIpc) is 2.35. The number of benzene rings is 1. The van der Waals surface area contributed by atoms with Crippen molar-refractivity contribution in [2.45, 2.75) is 32.4 Å². The molecule has 3 unspecified atom stereocenters. The highest BCUT2D eigenvalue weighted by Crippen LogP contribution is 2.33. The Morgan fingerprint density at radius 3 is 2.58 bits per heavy atom. The fourth-order valence-corrected chi connectivity index (χ4v) is 2.74. The maximum Gasteiger partial charge on any atom is 0.310 e. The van der Waals surface area contributed by atoms with Crippen molar-refractivity contribution in [3.63, 3.8) is 0 Å². The molecular formula is C15H21NO3. The van der Waals surface area contributed by atoms with E-state index in [0.29, 0.717) is 13.0 Å². The van der Waals surface area contributed by atoms with E-state index in [4.69, 9.17) is 5.11 Å². The average molecular weight is 263 g/mol. The van der Waals surface area contributed by atoms with Gasteiger partial charge in [0.05, 0.1) is 12.0 Å². The number of carboxylic acid groups (broad SMARTS) is 1. The second kappa shape index (κ2) is 5.31. The van der Waals surface area contributed by atoms with Crippen molar-refractivity contribution in [1.82, 2.24) is 4.90 Å². The third-order valence-corrected chi connectivity index (χ3v) is 4.18. The van der Waals surface area contributed by atoms with Gasteiger partial charge >= 0.3 is 5.97 Å². The summed E-state index contributed by atoms with van der Waals surface area (Å²) in [4.78, 5) is 13.1. The van der Waals surface area contributed by atoms with Crippen LogP contribution < -0.4 is 0 Å². The largest absolute Gasteiger partial charge is 0.481 e. The van der Waals surface area contributed by atoms with E-state index < -0.39 is 18.0 Å². The molecule has 0 aromatic heterocycles. The third kappa shape index (κ3) is 2.80. The summed E-state index contributed by atoms with van der Waals surface area (Å²) in [6.45, 7) is 4.52. The fourth-order valence-electron chi connectivity index (χ4n) is 2.74. The smallest absolute Gasteiger partial charge is 0.310 e. The van der Waals surface area contributed by atoms with Crippen molar-refractivity contribution >= 4 is 5.97 Å². The summed E-state index contributed by atoms with van der Waals surface area (Å²) in [5, 5.41) is 19.1. The SMILES string of the molecule is Cc1ccc(C2CC(O)C(C(=O)O)CN2C)cc1C. The maximum absolute atomic E-state index is 11.1. The van der Waals surface area contributed by atoms with Gasteiger partial charge < -0.3 is 10.2 Å². The van der Waals surface area contributed by atoms with Crippen LogP contribution in [0.3, 0.4) is 0 Å². The lowest BCUT2D eigenvalue weighted by atomic mass is 9.86. The minimum Gasteiger partial charge on any atom is -0.481 e. The summed E-state index contributed by atoms with van der Waals surface area (Å²) in [5.41, 5.74) is 3.61. The number of aliphatic carboxylic acids is 1. The van der Waals surface area contributed by atoms with Gasteiger partial charge in [0.2, 0.25) is 0 Å². The first-order valence-electron chi connectivity index (χ1n) is 6.58. The fraction of sp³-hybridized carbons (Fsp3) is 0.533. The number of aliphatic hydroxyl groups excluding tert-OH is 1. The number of carboxylic acids is 1. The van der Waals surface area contributed by atoms with Crippen LogP contribution in [-0.2, 0) is 4.79 Å². The molecule has 0 amide bonds. The Labute approximate surface area is 113 Å². The number of hydrogen-bond donors (Lipinski definition) is 2. The summed E-state index contributed by atoms with van der Waals surface area (Å²) >= 11 is 0. The molecule has 0 aliphatic carbocycles. The third-order valence-electron chi connectivity index (χ3n) is 4.18. The van der Waals surface area contributed by atoms with Gasteiger partial charge in [-0.05, 0) is 44.0 Å². The summed E-state index contributed by atoms with van der Waals surface area (Å²) in [5.74, 6) is -1.61. The highest BCUT2D eigenvalue weighted by molar-refractivity contribution is 5.71. The van der Waals surface area contributed by atoms with Gasteiger partial charge in [-0.2, -0.15) is 0 Å². The Balaban J connectivity index is 2.22. The van der Waals surface area contributed by atoms with Crippen LogP contribution in [0.5, 0.6) is 0 Å². The van der Waals surface area contributed by atoms with Crippen molar-refractivity contribution in [3.8, 4) is 0 Å². The van der Waals surface area contributed by atoms with Crippen LogP contribution in [0.15, 0.2) is 18.2 Å². The highest BCUT2D eigenvalue weighted by atomic mass is 16.4. The molecule has 1 aliphatic heterocycles. The molecule has 1 aliphatic rings. The van der Waals surface area contributed by atoms with E-state index in [1.54, 1.807) is 0 Å². The number of aryl methyl sites for hydroxylation is 2. The first kappa shape index (κ1) is 14.0. The lowest BCUT2D eigenvalue weighted by Crippen LogP contribution is -2.46.